The van der Waals surface area contributed by atoms with E-state index in [2.05, 4.69) is 10.3 Å². The number of pyridine rings is 1. The topological polar surface area (TPSA) is 96.4 Å². The average molecular weight is 300 g/mol. The van der Waals surface area contributed by atoms with E-state index < -0.39 is 17.9 Å². The Morgan fingerprint density at radius 2 is 1.91 bits per heavy atom. The zero-order valence-electron chi connectivity index (χ0n) is 12.1. The van der Waals surface area contributed by atoms with Gasteiger partial charge >= 0.3 is 5.97 Å². The average Bonchev–Trinajstić information content (AvgIpc) is 2.50. The van der Waals surface area contributed by atoms with Crippen molar-refractivity contribution in [3.05, 3.63) is 42.1 Å². The molecule has 114 valence electrons. The molecule has 0 radical (unpaired) electrons. The maximum Gasteiger partial charge on any atom is 0.326 e. The summed E-state index contributed by atoms with van der Waals surface area (Å²) in [5.41, 5.74) is 0.804. The Morgan fingerprint density at radius 3 is 2.59 bits per heavy atom. The minimum absolute atomic E-state index is 0.0595. The lowest BCUT2D eigenvalue weighted by molar-refractivity contribution is -0.139. The zero-order chi connectivity index (χ0) is 16.1. The molecule has 6 nitrogen and oxygen atoms in total. The SMILES string of the molecule is CC(=O)CC[C@@H](NC(=O)c1ccc2ccccc2n1)C(=O)O. The van der Waals surface area contributed by atoms with Gasteiger partial charge in [-0.3, -0.25) is 4.79 Å². The van der Waals surface area contributed by atoms with Crippen LogP contribution < -0.4 is 5.32 Å². The molecule has 2 aromatic rings. The van der Waals surface area contributed by atoms with E-state index in [1.54, 1.807) is 18.2 Å². The molecular formula is C16H16N2O4. The number of carbonyl (C=O) groups excluding carboxylic acids is 2. The fourth-order valence-electron chi connectivity index (χ4n) is 2.03. The van der Waals surface area contributed by atoms with Crippen LogP contribution in [0, 0.1) is 0 Å². The van der Waals surface area contributed by atoms with Crippen LogP contribution in [0.4, 0.5) is 0 Å². The summed E-state index contributed by atoms with van der Waals surface area (Å²) in [6.45, 7) is 1.38. The summed E-state index contributed by atoms with van der Waals surface area (Å²) in [5.74, 6) is -1.86. The Balaban J connectivity index is 2.14. The van der Waals surface area contributed by atoms with Crippen LogP contribution in [0.3, 0.4) is 0 Å². The summed E-state index contributed by atoms with van der Waals surface area (Å²) in [4.78, 5) is 38.4. The van der Waals surface area contributed by atoms with Gasteiger partial charge in [-0.15, -0.1) is 0 Å². The van der Waals surface area contributed by atoms with Gasteiger partial charge in [0, 0.05) is 11.8 Å². The molecule has 2 N–H and O–H groups in total. The predicted molar refractivity (Wildman–Crippen MR) is 80.5 cm³/mol. The van der Waals surface area contributed by atoms with E-state index >= 15 is 0 Å². The van der Waals surface area contributed by atoms with Gasteiger partial charge in [0.15, 0.2) is 0 Å². The molecule has 22 heavy (non-hydrogen) atoms. The van der Waals surface area contributed by atoms with E-state index in [9.17, 15) is 14.4 Å². The predicted octanol–water partition coefficient (Wildman–Crippen LogP) is 1.79. The number of carbonyl (C=O) groups is 3. The highest BCUT2D eigenvalue weighted by atomic mass is 16.4. The number of benzene rings is 1. The lowest BCUT2D eigenvalue weighted by atomic mass is 10.1. The summed E-state index contributed by atoms with van der Waals surface area (Å²) in [6.07, 6.45) is 0.159. The van der Waals surface area contributed by atoms with Crippen LogP contribution in [0.2, 0.25) is 0 Å². The van der Waals surface area contributed by atoms with E-state index in [4.69, 9.17) is 5.11 Å². The summed E-state index contributed by atoms with van der Waals surface area (Å²) < 4.78 is 0. The number of carboxylic acid groups (broad SMARTS) is 1. The van der Waals surface area contributed by atoms with Crippen LogP contribution in [0.5, 0.6) is 0 Å². The van der Waals surface area contributed by atoms with Crippen molar-refractivity contribution in [2.24, 2.45) is 0 Å². The van der Waals surface area contributed by atoms with Crippen molar-refractivity contribution in [1.29, 1.82) is 0 Å². The highest BCUT2D eigenvalue weighted by Gasteiger charge is 2.21. The normalized spacial score (nSPS) is 11.9. The smallest absolute Gasteiger partial charge is 0.326 e. The van der Waals surface area contributed by atoms with Crippen molar-refractivity contribution >= 4 is 28.6 Å². The first-order chi connectivity index (χ1) is 10.5. The largest absolute Gasteiger partial charge is 0.480 e. The maximum atomic E-state index is 12.1. The van der Waals surface area contributed by atoms with Crippen molar-refractivity contribution in [2.45, 2.75) is 25.8 Å². The molecule has 1 atom stereocenters. The summed E-state index contributed by atoms with van der Waals surface area (Å²) in [6, 6.07) is 9.51. The van der Waals surface area contributed by atoms with E-state index in [-0.39, 0.29) is 24.3 Å². The number of hydrogen-bond acceptors (Lipinski definition) is 4. The number of nitrogens with one attached hydrogen (secondary N) is 1. The van der Waals surface area contributed by atoms with E-state index in [1.807, 2.05) is 18.2 Å². The molecule has 0 saturated heterocycles. The van der Waals surface area contributed by atoms with Gasteiger partial charge in [-0.1, -0.05) is 24.3 Å². The fraction of sp³-hybridized carbons (Fsp3) is 0.250. The molecule has 0 aliphatic rings. The van der Waals surface area contributed by atoms with Crippen LogP contribution in [0.15, 0.2) is 36.4 Å². The molecule has 1 aromatic carbocycles. The first-order valence-electron chi connectivity index (χ1n) is 6.86. The Kier molecular flexibility index (Phi) is 4.83. The third-order valence-electron chi connectivity index (χ3n) is 3.22. The van der Waals surface area contributed by atoms with Gasteiger partial charge in [0.05, 0.1) is 5.52 Å². The zero-order valence-corrected chi connectivity index (χ0v) is 12.1. The Bertz CT molecular complexity index is 727. The van der Waals surface area contributed by atoms with Crippen molar-refractivity contribution in [1.82, 2.24) is 10.3 Å². The molecule has 0 saturated carbocycles. The first-order valence-corrected chi connectivity index (χ1v) is 6.86. The molecule has 1 amide bonds. The summed E-state index contributed by atoms with van der Waals surface area (Å²) in [7, 11) is 0. The minimum atomic E-state index is -1.17. The molecule has 1 aromatic heterocycles. The fourth-order valence-corrected chi connectivity index (χ4v) is 2.03. The van der Waals surface area contributed by atoms with Gasteiger partial charge in [0.1, 0.15) is 17.5 Å². The number of nitrogens with zero attached hydrogens (tertiary/aromatic N) is 1. The second kappa shape index (κ2) is 6.80. The number of para-hydroxylation sites is 1. The number of Topliss-reactive ketones (excluding diaryl/α,β-unsaturated/α-hetero) is 1. The number of aromatic nitrogens is 1. The lowest BCUT2D eigenvalue weighted by Gasteiger charge is -2.13. The Labute approximate surface area is 127 Å². The standard InChI is InChI=1S/C16H16N2O4/c1-10(19)6-8-14(16(21)22)18-15(20)13-9-7-11-4-2-3-5-12(11)17-13/h2-5,7,9,14H,6,8H2,1H3,(H,18,20)(H,21,22)/t14-/m1/s1. The van der Waals surface area contributed by atoms with Crippen molar-refractivity contribution < 1.29 is 19.5 Å². The van der Waals surface area contributed by atoms with Crippen LogP contribution in [-0.2, 0) is 9.59 Å². The number of ketones is 1. The minimum Gasteiger partial charge on any atom is -0.480 e. The van der Waals surface area contributed by atoms with Crippen molar-refractivity contribution in [2.75, 3.05) is 0 Å². The third kappa shape index (κ3) is 3.88. The second-order valence-corrected chi connectivity index (χ2v) is 4.99. The van der Waals surface area contributed by atoms with Crippen LogP contribution in [0.25, 0.3) is 10.9 Å². The van der Waals surface area contributed by atoms with Crippen LogP contribution in [-0.4, -0.2) is 33.8 Å². The molecule has 1 heterocycles. The van der Waals surface area contributed by atoms with Crippen LogP contribution in [0.1, 0.15) is 30.3 Å². The number of amides is 1. The molecule has 6 heteroatoms. The molecular weight excluding hydrogens is 284 g/mol. The van der Waals surface area contributed by atoms with Gasteiger partial charge in [-0.05, 0) is 25.5 Å². The van der Waals surface area contributed by atoms with Gasteiger partial charge in [0.25, 0.3) is 5.91 Å². The lowest BCUT2D eigenvalue weighted by Crippen LogP contribution is -2.41. The Hall–Kier alpha value is -2.76. The van der Waals surface area contributed by atoms with Gasteiger partial charge < -0.3 is 15.2 Å². The molecule has 0 aliphatic carbocycles. The maximum absolute atomic E-state index is 12.1. The van der Waals surface area contributed by atoms with E-state index in [1.165, 1.54) is 6.92 Å². The number of hydrogen-bond donors (Lipinski definition) is 2. The number of rotatable bonds is 6. The van der Waals surface area contributed by atoms with Crippen LogP contribution >= 0.6 is 0 Å². The van der Waals surface area contributed by atoms with Gasteiger partial charge in [-0.2, -0.15) is 0 Å². The molecule has 0 unspecified atom stereocenters. The van der Waals surface area contributed by atoms with Crippen molar-refractivity contribution in [3.63, 3.8) is 0 Å². The van der Waals surface area contributed by atoms with Crippen molar-refractivity contribution in [3.8, 4) is 0 Å². The summed E-state index contributed by atoms with van der Waals surface area (Å²) >= 11 is 0. The monoisotopic (exact) mass is 300 g/mol. The highest BCUT2D eigenvalue weighted by Crippen LogP contribution is 2.12. The molecule has 0 fully saturated rings. The van der Waals surface area contributed by atoms with Gasteiger partial charge in [0.2, 0.25) is 0 Å². The Morgan fingerprint density at radius 1 is 1.18 bits per heavy atom. The number of aliphatic carboxylic acids is 1. The second-order valence-electron chi connectivity index (χ2n) is 4.99. The highest BCUT2D eigenvalue weighted by molar-refractivity contribution is 5.97. The quantitative estimate of drug-likeness (QED) is 0.847. The molecule has 0 bridgehead atoms. The van der Waals surface area contributed by atoms with Gasteiger partial charge in [-0.25, -0.2) is 9.78 Å². The third-order valence-corrected chi connectivity index (χ3v) is 3.22. The first kappa shape index (κ1) is 15.6. The molecule has 2 rings (SSSR count). The number of fused-ring (bicyclic) bond motifs is 1. The number of carboxylic acids is 1. The van der Waals surface area contributed by atoms with E-state index in [0.717, 1.165) is 5.39 Å². The summed E-state index contributed by atoms with van der Waals surface area (Å²) in [5, 5.41) is 12.4. The van der Waals surface area contributed by atoms with E-state index in [0.29, 0.717) is 5.52 Å². The molecule has 0 aliphatic heterocycles. The molecule has 0 spiro atoms.